The van der Waals surface area contributed by atoms with Gasteiger partial charge in [-0.1, -0.05) is 29.3 Å². The van der Waals surface area contributed by atoms with Crippen molar-refractivity contribution in [3.8, 4) is 11.3 Å². The Labute approximate surface area is 196 Å². The summed E-state index contributed by atoms with van der Waals surface area (Å²) in [6.45, 7) is 1.89. The Kier molecular flexibility index (Phi) is 7.28. The molecule has 148 valence electrons. The minimum Gasteiger partial charge on any atom is -0.457 e. The quantitative estimate of drug-likeness (QED) is 0.231. The maximum Gasteiger partial charge on any atom is 0.250 e. The number of nitrogens with one attached hydrogen (secondary N) is 2. The van der Waals surface area contributed by atoms with Crippen LogP contribution in [-0.4, -0.2) is 16.0 Å². The molecule has 0 saturated heterocycles. The highest BCUT2D eigenvalue weighted by Gasteiger charge is 2.10. The SMILES string of the molecule is Cc1nc(NC(=S)NC(=O)/C=C/c2ccc(-c3cccc(Cl)c3Cl)o2)ccc1I. The molecule has 0 aliphatic heterocycles. The van der Waals surface area contributed by atoms with Crippen LogP contribution in [0.2, 0.25) is 10.0 Å². The Morgan fingerprint density at radius 3 is 2.76 bits per heavy atom. The molecule has 0 spiro atoms. The monoisotopic (exact) mass is 557 g/mol. The summed E-state index contributed by atoms with van der Waals surface area (Å²) in [6, 6.07) is 12.5. The standard InChI is InChI=1S/C20H14Cl2IN3O2S/c1-11-15(23)7-9-17(24-11)25-20(29)26-18(27)10-6-12-5-8-16(28-12)13-3-2-4-14(21)19(13)22/h2-10H,1H3,(H2,24,25,26,27,29)/b10-6+. The van der Waals surface area contributed by atoms with Gasteiger partial charge >= 0.3 is 0 Å². The first-order chi connectivity index (χ1) is 13.8. The lowest BCUT2D eigenvalue weighted by Gasteiger charge is -2.08. The molecule has 0 bridgehead atoms. The van der Waals surface area contributed by atoms with Gasteiger partial charge in [-0.05, 0) is 84.2 Å². The highest BCUT2D eigenvalue weighted by atomic mass is 127. The van der Waals surface area contributed by atoms with Crippen LogP contribution < -0.4 is 10.6 Å². The van der Waals surface area contributed by atoms with Crippen molar-refractivity contribution in [2.75, 3.05) is 5.32 Å². The molecule has 0 atom stereocenters. The van der Waals surface area contributed by atoms with E-state index in [1.165, 1.54) is 12.2 Å². The summed E-state index contributed by atoms with van der Waals surface area (Å²) in [5, 5.41) is 6.44. The summed E-state index contributed by atoms with van der Waals surface area (Å²) in [6.07, 6.45) is 2.86. The molecule has 1 aromatic carbocycles. The minimum atomic E-state index is -0.400. The zero-order chi connectivity index (χ0) is 21.0. The molecule has 0 radical (unpaired) electrons. The number of anilines is 1. The van der Waals surface area contributed by atoms with Gasteiger partial charge in [0.1, 0.15) is 17.3 Å². The number of thiocarbonyl (C=S) groups is 1. The third kappa shape index (κ3) is 5.79. The van der Waals surface area contributed by atoms with E-state index in [0.29, 0.717) is 32.9 Å². The summed E-state index contributed by atoms with van der Waals surface area (Å²) in [5.74, 6) is 1.20. The second kappa shape index (κ2) is 9.71. The molecule has 5 nitrogen and oxygen atoms in total. The predicted octanol–water partition coefficient (Wildman–Crippen LogP) is 6.09. The summed E-state index contributed by atoms with van der Waals surface area (Å²) >= 11 is 19.6. The molecule has 3 rings (SSSR count). The van der Waals surface area contributed by atoms with Gasteiger partial charge in [0.15, 0.2) is 5.11 Å². The first kappa shape index (κ1) is 21.8. The van der Waals surface area contributed by atoms with E-state index in [2.05, 4.69) is 38.2 Å². The topological polar surface area (TPSA) is 67.2 Å². The first-order valence-electron chi connectivity index (χ1n) is 8.31. The van der Waals surface area contributed by atoms with Gasteiger partial charge < -0.3 is 9.73 Å². The molecule has 3 aromatic rings. The van der Waals surface area contributed by atoms with Gasteiger partial charge in [-0.3, -0.25) is 10.1 Å². The Morgan fingerprint density at radius 2 is 2.00 bits per heavy atom. The van der Waals surface area contributed by atoms with Crippen molar-refractivity contribution in [3.05, 3.63) is 73.6 Å². The van der Waals surface area contributed by atoms with Crippen molar-refractivity contribution >= 4 is 80.9 Å². The number of amides is 1. The van der Waals surface area contributed by atoms with Crippen LogP contribution in [0.4, 0.5) is 5.82 Å². The van der Waals surface area contributed by atoms with Gasteiger partial charge in [-0.25, -0.2) is 4.98 Å². The van der Waals surface area contributed by atoms with Crippen LogP contribution >= 0.6 is 58.0 Å². The van der Waals surface area contributed by atoms with Crippen molar-refractivity contribution < 1.29 is 9.21 Å². The van der Waals surface area contributed by atoms with Gasteiger partial charge in [0.2, 0.25) is 5.91 Å². The molecule has 9 heteroatoms. The third-order valence-electron chi connectivity index (χ3n) is 3.74. The molecular weight excluding hydrogens is 544 g/mol. The number of aryl methyl sites for hydroxylation is 1. The highest BCUT2D eigenvalue weighted by Crippen LogP contribution is 2.34. The molecule has 2 aromatic heterocycles. The maximum absolute atomic E-state index is 12.1. The fourth-order valence-electron chi connectivity index (χ4n) is 2.35. The van der Waals surface area contributed by atoms with Gasteiger partial charge in [0.25, 0.3) is 0 Å². The number of carbonyl (C=O) groups is 1. The number of hydrogen-bond donors (Lipinski definition) is 2. The lowest BCUT2D eigenvalue weighted by molar-refractivity contribution is -0.115. The van der Waals surface area contributed by atoms with Crippen LogP contribution in [0.1, 0.15) is 11.5 Å². The summed E-state index contributed by atoms with van der Waals surface area (Å²) in [5.41, 5.74) is 1.55. The predicted molar refractivity (Wildman–Crippen MR) is 129 cm³/mol. The van der Waals surface area contributed by atoms with Gasteiger partial charge in [-0.15, -0.1) is 0 Å². The van der Waals surface area contributed by atoms with Crippen LogP contribution in [0, 0.1) is 10.5 Å². The number of rotatable bonds is 4. The number of halogens is 3. The molecule has 0 aliphatic rings. The highest BCUT2D eigenvalue weighted by molar-refractivity contribution is 14.1. The number of furan rings is 1. The first-order valence-corrected chi connectivity index (χ1v) is 10.5. The van der Waals surface area contributed by atoms with Crippen molar-refractivity contribution in [2.24, 2.45) is 0 Å². The van der Waals surface area contributed by atoms with Crippen molar-refractivity contribution in [3.63, 3.8) is 0 Å². The van der Waals surface area contributed by atoms with Crippen molar-refractivity contribution in [1.82, 2.24) is 10.3 Å². The Morgan fingerprint density at radius 1 is 1.21 bits per heavy atom. The molecule has 0 fully saturated rings. The van der Waals surface area contributed by atoms with Crippen LogP contribution in [0.5, 0.6) is 0 Å². The second-order valence-electron chi connectivity index (χ2n) is 5.84. The Hall–Kier alpha value is -1.94. The van der Waals surface area contributed by atoms with E-state index in [0.717, 1.165) is 9.26 Å². The lowest BCUT2D eigenvalue weighted by Crippen LogP contribution is -2.33. The molecule has 2 heterocycles. The average molecular weight is 558 g/mol. The Bertz CT molecular complexity index is 1110. The fourth-order valence-corrected chi connectivity index (χ4v) is 3.25. The molecule has 0 aliphatic carbocycles. The van der Waals surface area contributed by atoms with Gasteiger partial charge in [0, 0.05) is 15.2 Å². The number of benzene rings is 1. The number of aromatic nitrogens is 1. The molecular formula is C20H14Cl2IN3O2S. The minimum absolute atomic E-state index is 0.151. The second-order valence-corrected chi connectivity index (χ2v) is 8.20. The number of carbonyl (C=O) groups excluding carboxylic acids is 1. The van der Waals surface area contributed by atoms with Gasteiger partial charge in [-0.2, -0.15) is 0 Å². The van der Waals surface area contributed by atoms with E-state index < -0.39 is 5.91 Å². The third-order valence-corrected chi connectivity index (χ3v) is 5.91. The summed E-state index contributed by atoms with van der Waals surface area (Å²) < 4.78 is 6.76. The normalized spacial score (nSPS) is 10.9. The van der Waals surface area contributed by atoms with Crippen LogP contribution in [0.25, 0.3) is 17.4 Å². The zero-order valence-corrected chi connectivity index (χ0v) is 19.5. The summed E-state index contributed by atoms with van der Waals surface area (Å²) in [7, 11) is 0. The van der Waals surface area contributed by atoms with Crippen LogP contribution in [0.3, 0.4) is 0 Å². The smallest absolute Gasteiger partial charge is 0.250 e. The van der Waals surface area contributed by atoms with Crippen molar-refractivity contribution in [1.29, 1.82) is 0 Å². The fraction of sp³-hybridized carbons (Fsp3) is 0.0500. The van der Waals surface area contributed by atoms with E-state index in [4.69, 9.17) is 39.8 Å². The zero-order valence-electron chi connectivity index (χ0n) is 15.0. The Balaban J connectivity index is 1.60. The van der Waals surface area contributed by atoms with E-state index >= 15 is 0 Å². The van der Waals surface area contributed by atoms with E-state index in [1.54, 1.807) is 36.4 Å². The van der Waals surface area contributed by atoms with E-state index in [-0.39, 0.29) is 5.11 Å². The van der Waals surface area contributed by atoms with E-state index in [9.17, 15) is 4.79 Å². The summed E-state index contributed by atoms with van der Waals surface area (Å²) in [4.78, 5) is 16.4. The molecule has 29 heavy (non-hydrogen) atoms. The van der Waals surface area contributed by atoms with Crippen LogP contribution in [-0.2, 0) is 4.79 Å². The maximum atomic E-state index is 12.1. The number of hydrogen-bond acceptors (Lipinski definition) is 4. The van der Waals surface area contributed by atoms with Crippen molar-refractivity contribution in [2.45, 2.75) is 6.92 Å². The average Bonchev–Trinajstić information content (AvgIpc) is 3.14. The number of pyridine rings is 1. The number of nitrogens with zero attached hydrogens (tertiary/aromatic N) is 1. The molecule has 0 unspecified atom stereocenters. The largest absolute Gasteiger partial charge is 0.457 e. The lowest BCUT2D eigenvalue weighted by atomic mass is 10.2. The molecule has 0 saturated carbocycles. The van der Waals surface area contributed by atoms with Crippen LogP contribution in [0.15, 0.2) is 53.0 Å². The van der Waals surface area contributed by atoms with Gasteiger partial charge in [0.05, 0.1) is 15.7 Å². The molecule has 2 N–H and O–H groups in total. The molecule has 1 amide bonds. The van der Waals surface area contributed by atoms with E-state index in [1.807, 2.05) is 13.0 Å².